The molecule has 0 aromatic heterocycles. The summed E-state index contributed by atoms with van der Waals surface area (Å²) in [5.74, 6) is 0.707. The van der Waals surface area contributed by atoms with Crippen LogP contribution in [0.3, 0.4) is 0 Å². The minimum atomic E-state index is 0.707. The molecule has 11 heavy (non-hydrogen) atoms. The van der Waals surface area contributed by atoms with Gasteiger partial charge in [0.1, 0.15) is 0 Å². The summed E-state index contributed by atoms with van der Waals surface area (Å²) in [7, 11) is 0. The Balaban J connectivity index is 2.57. The standard InChI is InChI=1S/C11H16/c1-4-10-5-7-11(8-6-10)9(2)3/h4,7,10H,1-2,5-6,8H2,3H3. The van der Waals surface area contributed by atoms with Crippen LogP contribution in [-0.4, -0.2) is 0 Å². The molecule has 0 aliphatic heterocycles. The maximum absolute atomic E-state index is 3.94. The van der Waals surface area contributed by atoms with Crippen molar-refractivity contribution in [3.05, 3.63) is 36.5 Å². The highest BCUT2D eigenvalue weighted by Gasteiger charge is 2.10. The van der Waals surface area contributed by atoms with Crippen LogP contribution in [-0.2, 0) is 0 Å². The predicted octanol–water partition coefficient (Wildman–Crippen LogP) is 3.48. The fourth-order valence-electron chi connectivity index (χ4n) is 1.46. The molecule has 1 aliphatic rings. The molecule has 0 spiro atoms. The van der Waals surface area contributed by atoms with Gasteiger partial charge in [-0.25, -0.2) is 0 Å². The van der Waals surface area contributed by atoms with Gasteiger partial charge in [-0.15, -0.1) is 6.58 Å². The molecular weight excluding hydrogens is 132 g/mol. The van der Waals surface area contributed by atoms with Crippen LogP contribution in [0.4, 0.5) is 0 Å². The summed E-state index contributed by atoms with van der Waals surface area (Å²) in [5.41, 5.74) is 2.68. The molecule has 0 aromatic carbocycles. The van der Waals surface area contributed by atoms with Crippen molar-refractivity contribution in [2.45, 2.75) is 26.2 Å². The first-order chi connectivity index (χ1) is 5.24. The largest absolute Gasteiger partial charge is 0.103 e. The summed E-state index contributed by atoms with van der Waals surface area (Å²) in [4.78, 5) is 0. The SMILES string of the molecule is C=CC1CC=C(C(=C)C)CC1. The van der Waals surface area contributed by atoms with E-state index >= 15 is 0 Å². The van der Waals surface area contributed by atoms with E-state index in [4.69, 9.17) is 0 Å². The Labute approximate surface area is 69.3 Å². The maximum atomic E-state index is 3.94. The molecule has 1 aliphatic carbocycles. The zero-order chi connectivity index (χ0) is 8.27. The molecule has 0 bridgehead atoms. The van der Waals surface area contributed by atoms with E-state index in [-0.39, 0.29) is 0 Å². The van der Waals surface area contributed by atoms with Gasteiger partial charge in [0.15, 0.2) is 0 Å². The van der Waals surface area contributed by atoms with Crippen molar-refractivity contribution < 1.29 is 0 Å². The zero-order valence-corrected chi connectivity index (χ0v) is 7.27. The van der Waals surface area contributed by atoms with E-state index in [9.17, 15) is 0 Å². The van der Waals surface area contributed by atoms with E-state index in [1.54, 1.807) is 0 Å². The highest BCUT2D eigenvalue weighted by molar-refractivity contribution is 5.28. The molecule has 1 unspecified atom stereocenters. The second-order valence-corrected chi connectivity index (χ2v) is 3.28. The average Bonchev–Trinajstić information content (AvgIpc) is 2.05. The fourth-order valence-corrected chi connectivity index (χ4v) is 1.46. The molecule has 0 heteroatoms. The van der Waals surface area contributed by atoms with Crippen LogP contribution in [0.1, 0.15) is 26.2 Å². The Morgan fingerprint density at radius 1 is 1.73 bits per heavy atom. The third-order valence-electron chi connectivity index (χ3n) is 2.33. The number of hydrogen-bond donors (Lipinski definition) is 0. The van der Waals surface area contributed by atoms with E-state index in [1.165, 1.54) is 24.0 Å². The van der Waals surface area contributed by atoms with Crippen LogP contribution in [0.25, 0.3) is 0 Å². The van der Waals surface area contributed by atoms with Crippen LogP contribution in [0, 0.1) is 5.92 Å². The summed E-state index contributed by atoms with van der Waals surface area (Å²) >= 11 is 0. The normalized spacial score (nSPS) is 24.1. The molecule has 60 valence electrons. The van der Waals surface area contributed by atoms with Crippen molar-refractivity contribution in [3.63, 3.8) is 0 Å². The van der Waals surface area contributed by atoms with Crippen LogP contribution < -0.4 is 0 Å². The maximum Gasteiger partial charge on any atom is -0.0198 e. The van der Waals surface area contributed by atoms with Gasteiger partial charge in [0.25, 0.3) is 0 Å². The second kappa shape index (κ2) is 3.56. The highest BCUT2D eigenvalue weighted by Crippen LogP contribution is 2.27. The van der Waals surface area contributed by atoms with Crippen molar-refractivity contribution in [2.75, 3.05) is 0 Å². The Kier molecular flexibility index (Phi) is 2.70. The molecule has 0 nitrogen and oxygen atoms in total. The van der Waals surface area contributed by atoms with Gasteiger partial charge in [-0.05, 0) is 37.7 Å². The fraction of sp³-hybridized carbons (Fsp3) is 0.455. The third-order valence-corrected chi connectivity index (χ3v) is 2.33. The van der Waals surface area contributed by atoms with E-state index in [1.807, 2.05) is 0 Å². The summed E-state index contributed by atoms with van der Waals surface area (Å²) in [6, 6.07) is 0. The smallest absolute Gasteiger partial charge is 0.0198 e. The van der Waals surface area contributed by atoms with Gasteiger partial charge in [0, 0.05) is 0 Å². The molecular formula is C11H16. The minimum absolute atomic E-state index is 0.707. The molecule has 0 fully saturated rings. The molecule has 0 radical (unpaired) electrons. The van der Waals surface area contributed by atoms with Crippen molar-refractivity contribution in [1.29, 1.82) is 0 Å². The monoisotopic (exact) mass is 148 g/mol. The number of hydrogen-bond acceptors (Lipinski definition) is 0. The van der Waals surface area contributed by atoms with Crippen LogP contribution in [0.5, 0.6) is 0 Å². The van der Waals surface area contributed by atoms with Crippen LogP contribution >= 0.6 is 0 Å². The lowest BCUT2D eigenvalue weighted by Crippen LogP contribution is -2.02. The van der Waals surface area contributed by atoms with Crippen LogP contribution in [0.2, 0.25) is 0 Å². The zero-order valence-electron chi connectivity index (χ0n) is 7.27. The summed E-state index contributed by atoms with van der Waals surface area (Å²) < 4.78 is 0. The lowest BCUT2D eigenvalue weighted by atomic mass is 9.87. The van der Waals surface area contributed by atoms with Gasteiger partial charge < -0.3 is 0 Å². The van der Waals surface area contributed by atoms with Gasteiger partial charge in [0.05, 0.1) is 0 Å². The first-order valence-electron chi connectivity index (χ1n) is 4.21. The molecule has 0 saturated heterocycles. The first-order valence-corrected chi connectivity index (χ1v) is 4.21. The van der Waals surface area contributed by atoms with Gasteiger partial charge >= 0.3 is 0 Å². The van der Waals surface area contributed by atoms with Gasteiger partial charge in [-0.1, -0.05) is 24.3 Å². The topological polar surface area (TPSA) is 0 Å². The third kappa shape index (κ3) is 2.07. The summed E-state index contributed by atoms with van der Waals surface area (Å²) in [6.07, 6.45) is 7.96. The summed E-state index contributed by atoms with van der Waals surface area (Å²) in [6.45, 7) is 9.82. The van der Waals surface area contributed by atoms with Gasteiger partial charge in [-0.3, -0.25) is 0 Å². The Bertz CT molecular complexity index is 196. The minimum Gasteiger partial charge on any atom is -0.103 e. The van der Waals surface area contributed by atoms with E-state index < -0.39 is 0 Å². The Hall–Kier alpha value is -0.780. The van der Waals surface area contributed by atoms with E-state index in [0.717, 1.165) is 6.42 Å². The molecule has 0 N–H and O–H groups in total. The number of rotatable bonds is 2. The quantitative estimate of drug-likeness (QED) is 0.526. The number of allylic oxidation sites excluding steroid dienone is 4. The van der Waals surface area contributed by atoms with Crippen LogP contribution in [0.15, 0.2) is 36.5 Å². The van der Waals surface area contributed by atoms with Crippen molar-refractivity contribution in [1.82, 2.24) is 0 Å². The predicted molar refractivity (Wildman–Crippen MR) is 50.4 cm³/mol. The lowest BCUT2D eigenvalue weighted by molar-refractivity contribution is 0.571. The lowest BCUT2D eigenvalue weighted by Gasteiger charge is -2.18. The van der Waals surface area contributed by atoms with Crippen molar-refractivity contribution >= 4 is 0 Å². The average molecular weight is 148 g/mol. The molecule has 0 amide bonds. The molecule has 0 saturated carbocycles. The Morgan fingerprint density at radius 3 is 2.82 bits per heavy atom. The summed E-state index contributed by atoms with van der Waals surface area (Å²) in [5, 5.41) is 0. The molecule has 0 aromatic rings. The highest BCUT2D eigenvalue weighted by atomic mass is 14.2. The van der Waals surface area contributed by atoms with Gasteiger partial charge in [0.2, 0.25) is 0 Å². The van der Waals surface area contributed by atoms with Gasteiger partial charge in [-0.2, -0.15) is 0 Å². The second-order valence-electron chi connectivity index (χ2n) is 3.28. The van der Waals surface area contributed by atoms with E-state index in [0.29, 0.717) is 5.92 Å². The van der Waals surface area contributed by atoms with Crippen molar-refractivity contribution in [2.24, 2.45) is 5.92 Å². The van der Waals surface area contributed by atoms with E-state index in [2.05, 4.69) is 32.2 Å². The first kappa shape index (κ1) is 8.32. The molecule has 0 heterocycles. The molecule has 1 rings (SSSR count). The Morgan fingerprint density at radius 2 is 2.45 bits per heavy atom. The molecule has 1 atom stereocenters. The van der Waals surface area contributed by atoms with Crippen molar-refractivity contribution in [3.8, 4) is 0 Å².